The second-order valence-electron chi connectivity index (χ2n) is 6.91. The highest BCUT2D eigenvalue weighted by Gasteiger charge is 2.17. The topological polar surface area (TPSA) is 24.1 Å². The van der Waals surface area contributed by atoms with Crippen molar-refractivity contribution in [2.75, 3.05) is 13.1 Å². The van der Waals surface area contributed by atoms with E-state index in [-0.39, 0.29) is 5.41 Å². The lowest BCUT2D eigenvalue weighted by atomic mass is 9.84. The van der Waals surface area contributed by atoms with Gasteiger partial charge in [0.2, 0.25) is 0 Å². The number of aryl methyl sites for hydroxylation is 2. The molecule has 2 N–H and O–H groups in total. The average Bonchev–Trinajstić information content (AvgIpc) is 2.79. The summed E-state index contributed by atoms with van der Waals surface area (Å²) >= 11 is 0. The molecule has 0 radical (unpaired) electrons. The summed E-state index contributed by atoms with van der Waals surface area (Å²) in [4.78, 5) is 0. The summed E-state index contributed by atoms with van der Waals surface area (Å²) in [6, 6.07) is 5.36. The first-order valence-corrected chi connectivity index (χ1v) is 7.42. The van der Waals surface area contributed by atoms with Crippen LogP contribution in [-0.2, 0) is 12.0 Å². The van der Waals surface area contributed by atoms with Gasteiger partial charge in [0.1, 0.15) is 0 Å². The van der Waals surface area contributed by atoms with Gasteiger partial charge < -0.3 is 10.6 Å². The van der Waals surface area contributed by atoms with E-state index in [0.717, 1.165) is 19.6 Å². The van der Waals surface area contributed by atoms with Crippen LogP contribution in [0.4, 0.5) is 0 Å². The molecular weight excluding hydrogens is 232 g/mol. The van der Waals surface area contributed by atoms with E-state index < -0.39 is 0 Å². The van der Waals surface area contributed by atoms with Gasteiger partial charge in [-0.15, -0.1) is 0 Å². The van der Waals surface area contributed by atoms with E-state index >= 15 is 0 Å². The van der Waals surface area contributed by atoms with E-state index in [1.54, 1.807) is 0 Å². The lowest BCUT2D eigenvalue weighted by molar-refractivity contribution is 0.544. The predicted molar refractivity (Wildman–Crippen MR) is 82.7 cm³/mol. The third-order valence-corrected chi connectivity index (χ3v) is 4.19. The molecular formula is C17H28N2. The van der Waals surface area contributed by atoms with Gasteiger partial charge >= 0.3 is 0 Å². The van der Waals surface area contributed by atoms with E-state index in [0.29, 0.717) is 6.04 Å². The Kier molecular flexibility index (Phi) is 4.32. The molecule has 1 aromatic carbocycles. The van der Waals surface area contributed by atoms with Crippen molar-refractivity contribution in [2.24, 2.45) is 0 Å². The van der Waals surface area contributed by atoms with E-state index in [4.69, 9.17) is 0 Å². The summed E-state index contributed by atoms with van der Waals surface area (Å²) in [5.74, 6) is 0. The number of hydrogen-bond acceptors (Lipinski definition) is 2. The second-order valence-corrected chi connectivity index (χ2v) is 6.91. The maximum absolute atomic E-state index is 3.68. The molecule has 1 saturated heterocycles. The fourth-order valence-corrected chi connectivity index (χ4v) is 2.78. The molecule has 0 aromatic heterocycles. The highest BCUT2D eigenvalue weighted by molar-refractivity contribution is 5.40. The van der Waals surface area contributed by atoms with Crippen LogP contribution in [0.15, 0.2) is 12.1 Å². The van der Waals surface area contributed by atoms with Gasteiger partial charge in [-0.25, -0.2) is 0 Å². The Morgan fingerprint density at radius 1 is 1.21 bits per heavy atom. The van der Waals surface area contributed by atoms with Crippen molar-refractivity contribution in [3.05, 3.63) is 34.4 Å². The van der Waals surface area contributed by atoms with Crippen molar-refractivity contribution in [2.45, 2.75) is 59.0 Å². The fourth-order valence-electron chi connectivity index (χ4n) is 2.78. The Morgan fingerprint density at radius 2 is 1.84 bits per heavy atom. The summed E-state index contributed by atoms with van der Waals surface area (Å²) in [6.07, 6.45) is 1.25. The van der Waals surface area contributed by atoms with Crippen LogP contribution in [0.25, 0.3) is 0 Å². The molecule has 1 aromatic rings. The standard InChI is InChI=1S/C17H28N2/c1-12-8-14(17(3,4)5)9-13(2)16(12)11-19-15-6-7-18-10-15/h8-9,15,18-19H,6-7,10-11H2,1-5H3. The Labute approximate surface area is 118 Å². The highest BCUT2D eigenvalue weighted by Crippen LogP contribution is 2.26. The largest absolute Gasteiger partial charge is 0.315 e. The Hall–Kier alpha value is -0.860. The zero-order valence-corrected chi connectivity index (χ0v) is 13.1. The Bertz CT molecular complexity index is 414. The summed E-state index contributed by atoms with van der Waals surface area (Å²) < 4.78 is 0. The first-order valence-electron chi connectivity index (χ1n) is 7.42. The third kappa shape index (κ3) is 3.58. The summed E-state index contributed by atoms with van der Waals surface area (Å²) in [6.45, 7) is 14.6. The minimum atomic E-state index is 0.233. The highest BCUT2D eigenvalue weighted by atomic mass is 15.0. The molecule has 1 atom stereocenters. The van der Waals surface area contributed by atoms with Gasteiger partial charge in [0, 0.05) is 19.1 Å². The molecule has 0 aliphatic carbocycles. The van der Waals surface area contributed by atoms with Crippen LogP contribution in [0.2, 0.25) is 0 Å². The van der Waals surface area contributed by atoms with Crippen LogP contribution >= 0.6 is 0 Å². The lowest BCUT2D eigenvalue weighted by Gasteiger charge is -2.23. The smallest absolute Gasteiger partial charge is 0.0213 e. The molecule has 1 fully saturated rings. The Balaban J connectivity index is 2.12. The van der Waals surface area contributed by atoms with Crippen molar-refractivity contribution in [1.82, 2.24) is 10.6 Å². The zero-order valence-electron chi connectivity index (χ0n) is 13.1. The molecule has 2 nitrogen and oxygen atoms in total. The third-order valence-electron chi connectivity index (χ3n) is 4.19. The van der Waals surface area contributed by atoms with Crippen molar-refractivity contribution >= 4 is 0 Å². The van der Waals surface area contributed by atoms with Crippen LogP contribution < -0.4 is 10.6 Å². The Morgan fingerprint density at radius 3 is 2.32 bits per heavy atom. The summed E-state index contributed by atoms with van der Waals surface area (Å²) in [5, 5.41) is 7.08. The van der Waals surface area contributed by atoms with Gasteiger partial charge in [-0.05, 0) is 54.5 Å². The molecule has 0 amide bonds. The van der Waals surface area contributed by atoms with Crippen molar-refractivity contribution in [1.29, 1.82) is 0 Å². The molecule has 1 aliphatic heterocycles. The van der Waals surface area contributed by atoms with Gasteiger partial charge in [-0.3, -0.25) is 0 Å². The summed E-state index contributed by atoms with van der Waals surface area (Å²) in [7, 11) is 0. The second kappa shape index (κ2) is 5.64. The van der Waals surface area contributed by atoms with Crippen LogP contribution in [0.1, 0.15) is 49.4 Å². The normalized spacial score (nSPS) is 19.9. The van der Waals surface area contributed by atoms with Crippen LogP contribution in [0, 0.1) is 13.8 Å². The van der Waals surface area contributed by atoms with Gasteiger partial charge in [-0.2, -0.15) is 0 Å². The molecule has 106 valence electrons. The van der Waals surface area contributed by atoms with Crippen molar-refractivity contribution in [3.63, 3.8) is 0 Å². The molecule has 19 heavy (non-hydrogen) atoms. The molecule has 2 rings (SSSR count). The summed E-state index contributed by atoms with van der Waals surface area (Å²) in [5.41, 5.74) is 5.98. The quantitative estimate of drug-likeness (QED) is 0.873. The molecule has 1 unspecified atom stereocenters. The number of hydrogen-bond donors (Lipinski definition) is 2. The zero-order chi connectivity index (χ0) is 14.0. The first kappa shape index (κ1) is 14.5. The molecule has 0 saturated carbocycles. The van der Waals surface area contributed by atoms with Gasteiger partial charge in [0.25, 0.3) is 0 Å². The maximum Gasteiger partial charge on any atom is 0.0213 e. The maximum atomic E-state index is 3.68. The molecule has 0 spiro atoms. The predicted octanol–water partition coefficient (Wildman–Crippen LogP) is 3.05. The fraction of sp³-hybridized carbons (Fsp3) is 0.647. The van der Waals surface area contributed by atoms with E-state index in [1.807, 2.05) is 0 Å². The first-order chi connectivity index (χ1) is 8.88. The van der Waals surface area contributed by atoms with Crippen molar-refractivity contribution in [3.8, 4) is 0 Å². The molecule has 2 heteroatoms. The number of nitrogens with one attached hydrogen (secondary N) is 2. The number of benzene rings is 1. The van der Waals surface area contributed by atoms with Crippen molar-refractivity contribution < 1.29 is 0 Å². The van der Waals surface area contributed by atoms with Crippen LogP contribution in [0.5, 0.6) is 0 Å². The monoisotopic (exact) mass is 260 g/mol. The van der Waals surface area contributed by atoms with Crippen LogP contribution in [-0.4, -0.2) is 19.1 Å². The minimum Gasteiger partial charge on any atom is -0.315 e. The SMILES string of the molecule is Cc1cc(C(C)(C)C)cc(C)c1CNC1CCNC1. The van der Waals surface area contributed by atoms with Gasteiger partial charge in [0.15, 0.2) is 0 Å². The van der Waals surface area contributed by atoms with E-state index in [9.17, 15) is 0 Å². The van der Waals surface area contributed by atoms with Gasteiger partial charge in [0.05, 0.1) is 0 Å². The minimum absolute atomic E-state index is 0.233. The lowest BCUT2D eigenvalue weighted by Crippen LogP contribution is -2.31. The van der Waals surface area contributed by atoms with Crippen LogP contribution in [0.3, 0.4) is 0 Å². The van der Waals surface area contributed by atoms with E-state index in [2.05, 4.69) is 57.4 Å². The molecule has 1 heterocycles. The number of rotatable bonds is 3. The average molecular weight is 260 g/mol. The molecule has 1 aliphatic rings. The molecule has 0 bridgehead atoms. The van der Waals surface area contributed by atoms with Gasteiger partial charge in [-0.1, -0.05) is 32.9 Å². The van der Waals surface area contributed by atoms with E-state index in [1.165, 1.54) is 28.7 Å².